The first kappa shape index (κ1) is 36.5. The minimum absolute atomic E-state index is 1.12. The maximum absolute atomic E-state index is 3.26. The Hall–Kier alpha value is -8.18. The number of nitrogens with zero attached hydrogens (tertiary/aromatic N) is 3. The summed E-state index contributed by atoms with van der Waals surface area (Å²) in [6.07, 6.45) is 0. The van der Waals surface area contributed by atoms with Crippen LogP contribution in [-0.2, 0) is 0 Å². The van der Waals surface area contributed by atoms with Gasteiger partial charge < -0.3 is 13.7 Å². The number of rotatable bonds is 7. The van der Waals surface area contributed by atoms with E-state index in [0.29, 0.717) is 0 Å². The Kier molecular flexibility index (Phi) is 8.23. The summed E-state index contributed by atoms with van der Waals surface area (Å²) in [6, 6.07) is 92.6. The van der Waals surface area contributed by atoms with Crippen molar-refractivity contribution in [3.63, 3.8) is 0 Å². The van der Waals surface area contributed by atoms with Gasteiger partial charge in [-0.05, 0) is 70.2 Å². The molecule has 0 unspecified atom stereocenters. The second-order valence-corrected chi connectivity index (χ2v) is 20.5. The molecule has 0 N–H and O–H groups in total. The van der Waals surface area contributed by atoms with Crippen molar-refractivity contribution in [3.05, 3.63) is 249 Å². The standard InChI is InChI=1S/C60H41N3Si/c1-5-21-42(22-6-1)61-53-33-17-13-31-49(53)51-38-37-43(41-58(51)61)62-54-34-18-16-32-50(54)52-39-40-57(63-55-35-19-14-29-47(55)48-30-15-20-36-56(48)63)60(59(52)62)64(44-23-7-2-8-24-44,45-25-9-3-10-26-45)46-27-11-4-12-28-46/h1-41H. The van der Waals surface area contributed by atoms with Gasteiger partial charge in [0.1, 0.15) is 0 Å². The summed E-state index contributed by atoms with van der Waals surface area (Å²) in [5, 5.41) is 12.8. The lowest BCUT2D eigenvalue weighted by atomic mass is 10.1. The molecule has 3 aromatic heterocycles. The maximum atomic E-state index is 2.60. The molecule has 10 aromatic carbocycles. The molecule has 0 spiro atoms. The third-order valence-corrected chi connectivity index (χ3v) is 18.4. The summed E-state index contributed by atoms with van der Waals surface area (Å²) in [5.74, 6) is 0. The second-order valence-electron chi connectivity index (χ2n) is 16.8. The molecule has 0 aliphatic rings. The van der Waals surface area contributed by atoms with Crippen molar-refractivity contribution >= 4 is 94.2 Å². The van der Waals surface area contributed by atoms with Crippen molar-refractivity contribution in [3.8, 4) is 17.1 Å². The lowest BCUT2D eigenvalue weighted by Gasteiger charge is -2.37. The Morgan fingerprint density at radius 2 is 0.625 bits per heavy atom. The Bertz CT molecular complexity index is 3730. The van der Waals surface area contributed by atoms with E-state index in [0.717, 1.165) is 11.4 Å². The van der Waals surface area contributed by atoms with Gasteiger partial charge in [-0.15, -0.1) is 0 Å². The molecule has 13 rings (SSSR count). The minimum Gasteiger partial charge on any atom is -0.309 e. The van der Waals surface area contributed by atoms with Crippen LogP contribution in [0.25, 0.3) is 82.5 Å². The fourth-order valence-corrected chi connectivity index (χ4v) is 16.1. The third-order valence-electron chi connectivity index (χ3n) is 13.6. The lowest BCUT2D eigenvalue weighted by molar-refractivity contribution is 1.15. The van der Waals surface area contributed by atoms with Crippen LogP contribution < -0.4 is 20.7 Å². The zero-order chi connectivity index (χ0) is 42.2. The van der Waals surface area contributed by atoms with E-state index < -0.39 is 8.07 Å². The Labute approximate surface area is 372 Å². The predicted octanol–water partition coefficient (Wildman–Crippen LogP) is 12.4. The van der Waals surface area contributed by atoms with Crippen LogP contribution in [0.2, 0.25) is 0 Å². The van der Waals surface area contributed by atoms with E-state index in [2.05, 4.69) is 262 Å². The highest BCUT2D eigenvalue weighted by Crippen LogP contribution is 2.39. The van der Waals surface area contributed by atoms with Crippen molar-refractivity contribution in [1.82, 2.24) is 13.7 Å². The molecular formula is C60H41N3Si. The zero-order valence-corrected chi connectivity index (χ0v) is 36.0. The molecule has 0 atom stereocenters. The number of benzene rings is 10. The van der Waals surface area contributed by atoms with Crippen LogP contribution in [0.1, 0.15) is 0 Å². The van der Waals surface area contributed by atoms with E-state index in [-0.39, 0.29) is 0 Å². The molecule has 4 heteroatoms. The van der Waals surface area contributed by atoms with Gasteiger partial charge in [-0.2, -0.15) is 0 Å². The normalized spacial score (nSPS) is 12.1. The number of para-hydroxylation sites is 5. The Morgan fingerprint density at radius 3 is 1.12 bits per heavy atom. The molecule has 0 aliphatic heterocycles. The van der Waals surface area contributed by atoms with Gasteiger partial charge in [0.2, 0.25) is 0 Å². The van der Waals surface area contributed by atoms with Gasteiger partial charge in [-0.3, -0.25) is 0 Å². The molecule has 0 radical (unpaired) electrons. The van der Waals surface area contributed by atoms with Gasteiger partial charge in [-0.1, -0.05) is 194 Å². The molecule has 0 bridgehead atoms. The van der Waals surface area contributed by atoms with E-state index in [1.807, 2.05) is 0 Å². The molecule has 13 aromatic rings. The fourth-order valence-electron chi connectivity index (χ4n) is 11.0. The largest absolute Gasteiger partial charge is 0.309 e. The third kappa shape index (κ3) is 5.21. The molecule has 0 amide bonds. The Balaban J connectivity index is 1.28. The summed E-state index contributed by atoms with van der Waals surface area (Å²) in [6.45, 7) is 0. The van der Waals surface area contributed by atoms with Gasteiger partial charge in [-0.25, -0.2) is 0 Å². The highest BCUT2D eigenvalue weighted by molar-refractivity contribution is 7.21. The van der Waals surface area contributed by atoms with Crippen molar-refractivity contribution in [2.24, 2.45) is 0 Å². The van der Waals surface area contributed by atoms with Crippen LogP contribution in [0, 0.1) is 0 Å². The predicted molar refractivity (Wildman–Crippen MR) is 273 cm³/mol. The van der Waals surface area contributed by atoms with Crippen molar-refractivity contribution in [1.29, 1.82) is 0 Å². The maximum Gasteiger partial charge on any atom is 0.184 e. The van der Waals surface area contributed by atoms with E-state index in [1.54, 1.807) is 0 Å². The molecule has 64 heavy (non-hydrogen) atoms. The molecule has 3 heterocycles. The van der Waals surface area contributed by atoms with Crippen LogP contribution in [0.4, 0.5) is 0 Å². The number of hydrogen-bond acceptors (Lipinski definition) is 0. The van der Waals surface area contributed by atoms with E-state index in [4.69, 9.17) is 0 Å². The lowest BCUT2D eigenvalue weighted by Crippen LogP contribution is -2.75. The summed E-state index contributed by atoms with van der Waals surface area (Å²) >= 11 is 0. The SMILES string of the molecule is c1ccc(-n2c3ccccc3c3ccc(-n4c5ccccc5c5ccc(-n6c7ccccc7c7ccccc76)c([Si](c6ccccc6)(c6ccccc6)c6ccccc6)c54)cc32)cc1. The van der Waals surface area contributed by atoms with Gasteiger partial charge in [0.25, 0.3) is 0 Å². The molecule has 0 saturated heterocycles. The zero-order valence-electron chi connectivity index (χ0n) is 35.0. The highest BCUT2D eigenvalue weighted by Gasteiger charge is 2.46. The van der Waals surface area contributed by atoms with Crippen LogP contribution >= 0.6 is 0 Å². The smallest absolute Gasteiger partial charge is 0.184 e. The quantitative estimate of drug-likeness (QED) is 0.112. The molecular weight excluding hydrogens is 791 g/mol. The monoisotopic (exact) mass is 831 g/mol. The van der Waals surface area contributed by atoms with Gasteiger partial charge in [0.05, 0.1) is 33.1 Å². The van der Waals surface area contributed by atoms with E-state index in [1.165, 1.54) is 91.9 Å². The van der Waals surface area contributed by atoms with Crippen LogP contribution in [0.15, 0.2) is 249 Å². The minimum atomic E-state index is -3.26. The first-order valence-corrected chi connectivity index (χ1v) is 24.1. The van der Waals surface area contributed by atoms with E-state index in [9.17, 15) is 0 Å². The number of fused-ring (bicyclic) bond motifs is 9. The molecule has 300 valence electrons. The summed E-state index contributed by atoms with van der Waals surface area (Å²) in [5.41, 5.74) is 10.6. The molecule has 0 aliphatic carbocycles. The Morgan fingerprint density at radius 1 is 0.250 bits per heavy atom. The highest BCUT2D eigenvalue weighted by atomic mass is 28.3. The van der Waals surface area contributed by atoms with Gasteiger partial charge >= 0.3 is 0 Å². The van der Waals surface area contributed by atoms with E-state index >= 15 is 0 Å². The van der Waals surface area contributed by atoms with Crippen molar-refractivity contribution in [2.45, 2.75) is 0 Å². The average molecular weight is 832 g/mol. The summed E-state index contributed by atoms with van der Waals surface area (Å²) < 4.78 is 7.60. The van der Waals surface area contributed by atoms with Crippen LogP contribution in [-0.4, -0.2) is 21.8 Å². The van der Waals surface area contributed by atoms with Crippen molar-refractivity contribution in [2.75, 3.05) is 0 Å². The summed E-state index contributed by atoms with van der Waals surface area (Å²) in [7, 11) is -3.26. The first-order valence-electron chi connectivity index (χ1n) is 22.1. The number of hydrogen-bond donors (Lipinski definition) is 0. The van der Waals surface area contributed by atoms with Crippen molar-refractivity contribution < 1.29 is 0 Å². The molecule has 0 saturated carbocycles. The van der Waals surface area contributed by atoms with Gasteiger partial charge in [0.15, 0.2) is 8.07 Å². The van der Waals surface area contributed by atoms with Crippen LogP contribution in [0.5, 0.6) is 0 Å². The summed E-state index contributed by atoms with van der Waals surface area (Å²) in [4.78, 5) is 0. The second kappa shape index (κ2) is 14.5. The fraction of sp³-hybridized carbons (Fsp3) is 0. The topological polar surface area (TPSA) is 14.8 Å². The molecule has 3 nitrogen and oxygen atoms in total. The average Bonchev–Trinajstić information content (AvgIpc) is 4.01. The number of aromatic nitrogens is 3. The van der Waals surface area contributed by atoms with Gasteiger partial charge in [0, 0.05) is 54.6 Å². The first-order chi connectivity index (χ1) is 31.8. The molecule has 0 fully saturated rings. The van der Waals surface area contributed by atoms with Crippen LogP contribution in [0.3, 0.4) is 0 Å².